The van der Waals surface area contributed by atoms with Gasteiger partial charge in [0.2, 0.25) is 0 Å². The summed E-state index contributed by atoms with van der Waals surface area (Å²) in [6.45, 7) is 6.67. The third kappa shape index (κ3) is 2.57. The average molecular weight is 197 g/mol. The highest BCUT2D eigenvalue weighted by atomic mass is 16.1. The lowest BCUT2D eigenvalue weighted by Crippen LogP contribution is -2.42. The van der Waals surface area contributed by atoms with E-state index in [1.165, 1.54) is 19.1 Å². The molecule has 0 spiro atoms. The van der Waals surface area contributed by atoms with Crippen LogP contribution in [-0.4, -0.2) is 31.3 Å². The molecule has 2 unspecified atom stereocenters. The minimum atomic E-state index is 0.316. The highest BCUT2D eigenvalue weighted by Gasteiger charge is 2.31. The Morgan fingerprint density at radius 3 is 2.57 bits per heavy atom. The standard InChI is InChI=1S/C12H23NO/c1-4-10(5-2)12-8-13(3)7-6-11(12)9-14/h9-12H,4-8H2,1-3H3. The van der Waals surface area contributed by atoms with Crippen molar-refractivity contribution in [3.8, 4) is 0 Å². The van der Waals surface area contributed by atoms with Crippen molar-refractivity contribution in [2.75, 3.05) is 20.1 Å². The second-order valence-electron chi connectivity index (χ2n) is 4.59. The van der Waals surface area contributed by atoms with Crippen molar-refractivity contribution in [2.24, 2.45) is 17.8 Å². The molecule has 1 aliphatic rings. The number of aldehydes is 1. The Morgan fingerprint density at radius 1 is 1.43 bits per heavy atom. The van der Waals surface area contributed by atoms with Crippen LogP contribution in [0.4, 0.5) is 0 Å². The van der Waals surface area contributed by atoms with Crippen LogP contribution in [0.5, 0.6) is 0 Å². The van der Waals surface area contributed by atoms with E-state index in [1.54, 1.807) is 0 Å². The highest BCUT2D eigenvalue weighted by Crippen LogP contribution is 2.31. The van der Waals surface area contributed by atoms with Gasteiger partial charge in [-0.25, -0.2) is 0 Å². The second kappa shape index (κ2) is 5.50. The van der Waals surface area contributed by atoms with Crippen LogP contribution in [0.25, 0.3) is 0 Å². The minimum Gasteiger partial charge on any atom is -0.306 e. The van der Waals surface area contributed by atoms with E-state index in [-0.39, 0.29) is 0 Å². The molecule has 1 aliphatic heterocycles. The van der Waals surface area contributed by atoms with E-state index in [4.69, 9.17) is 0 Å². The summed E-state index contributed by atoms with van der Waals surface area (Å²) in [5.41, 5.74) is 0. The van der Waals surface area contributed by atoms with Gasteiger partial charge in [-0.3, -0.25) is 0 Å². The molecule has 0 N–H and O–H groups in total. The lowest BCUT2D eigenvalue weighted by molar-refractivity contribution is -0.115. The predicted molar refractivity (Wildman–Crippen MR) is 59.2 cm³/mol. The zero-order valence-corrected chi connectivity index (χ0v) is 9.70. The first-order valence-corrected chi connectivity index (χ1v) is 5.86. The van der Waals surface area contributed by atoms with Gasteiger partial charge in [0.05, 0.1) is 0 Å². The molecule has 1 rings (SSSR count). The molecule has 82 valence electrons. The van der Waals surface area contributed by atoms with Gasteiger partial charge in [0.25, 0.3) is 0 Å². The van der Waals surface area contributed by atoms with E-state index >= 15 is 0 Å². The fraction of sp³-hybridized carbons (Fsp3) is 0.917. The molecular formula is C12H23NO. The van der Waals surface area contributed by atoms with Crippen molar-refractivity contribution >= 4 is 6.29 Å². The summed E-state index contributed by atoms with van der Waals surface area (Å²) < 4.78 is 0. The zero-order valence-electron chi connectivity index (χ0n) is 9.70. The van der Waals surface area contributed by atoms with Crippen molar-refractivity contribution in [3.05, 3.63) is 0 Å². The van der Waals surface area contributed by atoms with Gasteiger partial charge in [0.15, 0.2) is 0 Å². The topological polar surface area (TPSA) is 20.3 Å². The smallest absolute Gasteiger partial charge is 0.123 e. The van der Waals surface area contributed by atoms with Crippen LogP contribution in [0, 0.1) is 17.8 Å². The number of hydrogen-bond donors (Lipinski definition) is 0. The summed E-state index contributed by atoms with van der Waals surface area (Å²) in [5, 5.41) is 0. The molecule has 0 saturated carbocycles. The maximum Gasteiger partial charge on any atom is 0.123 e. The fourth-order valence-corrected chi connectivity index (χ4v) is 2.73. The summed E-state index contributed by atoms with van der Waals surface area (Å²) >= 11 is 0. The Labute approximate surface area is 87.7 Å². The molecule has 0 amide bonds. The Morgan fingerprint density at radius 2 is 2.07 bits per heavy atom. The van der Waals surface area contributed by atoms with Crippen molar-refractivity contribution in [1.82, 2.24) is 4.90 Å². The SMILES string of the molecule is CCC(CC)C1CN(C)CCC1C=O. The Bertz CT molecular complexity index is 177. The van der Waals surface area contributed by atoms with E-state index < -0.39 is 0 Å². The van der Waals surface area contributed by atoms with Gasteiger partial charge >= 0.3 is 0 Å². The van der Waals surface area contributed by atoms with Crippen LogP contribution in [-0.2, 0) is 4.79 Å². The van der Waals surface area contributed by atoms with Crippen LogP contribution in [0.3, 0.4) is 0 Å². The molecule has 0 aromatic carbocycles. The molecule has 0 aliphatic carbocycles. The van der Waals surface area contributed by atoms with Crippen molar-refractivity contribution < 1.29 is 4.79 Å². The largest absolute Gasteiger partial charge is 0.306 e. The van der Waals surface area contributed by atoms with Gasteiger partial charge in [0.1, 0.15) is 6.29 Å². The molecule has 2 nitrogen and oxygen atoms in total. The Kier molecular flexibility index (Phi) is 4.59. The van der Waals surface area contributed by atoms with Gasteiger partial charge in [0, 0.05) is 12.5 Å². The molecule has 14 heavy (non-hydrogen) atoms. The van der Waals surface area contributed by atoms with Gasteiger partial charge in [-0.05, 0) is 31.8 Å². The minimum absolute atomic E-state index is 0.316. The molecule has 1 fully saturated rings. The Hall–Kier alpha value is -0.370. The van der Waals surface area contributed by atoms with E-state index in [9.17, 15) is 4.79 Å². The van der Waals surface area contributed by atoms with Gasteiger partial charge in [-0.15, -0.1) is 0 Å². The van der Waals surface area contributed by atoms with Crippen molar-refractivity contribution in [3.63, 3.8) is 0 Å². The van der Waals surface area contributed by atoms with Crippen LogP contribution in [0.2, 0.25) is 0 Å². The van der Waals surface area contributed by atoms with Gasteiger partial charge in [-0.1, -0.05) is 26.7 Å². The lowest BCUT2D eigenvalue weighted by atomic mass is 9.75. The summed E-state index contributed by atoms with van der Waals surface area (Å²) in [6.07, 6.45) is 4.66. The average Bonchev–Trinajstić information content (AvgIpc) is 2.20. The van der Waals surface area contributed by atoms with Crippen molar-refractivity contribution in [1.29, 1.82) is 0 Å². The van der Waals surface area contributed by atoms with Crippen LogP contribution in [0.15, 0.2) is 0 Å². The first-order chi connectivity index (χ1) is 6.72. The first kappa shape index (κ1) is 11.7. The third-order valence-corrected chi connectivity index (χ3v) is 3.75. The molecule has 2 atom stereocenters. The maximum atomic E-state index is 11.0. The van der Waals surface area contributed by atoms with Crippen LogP contribution in [0.1, 0.15) is 33.1 Å². The summed E-state index contributed by atoms with van der Waals surface area (Å²) in [7, 11) is 2.16. The van der Waals surface area contributed by atoms with E-state index in [2.05, 4.69) is 25.8 Å². The molecule has 0 bridgehead atoms. The highest BCUT2D eigenvalue weighted by molar-refractivity contribution is 5.54. The first-order valence-electron chi connectivity index (χ1n) is 5.86. The monoisotopic (exact) mass is 197 g/mol. The summed E-state index contributed by atoms with van der Waals surface area (Å²) in [4.78, 5) is 13.4. The number of rotatable bonds is 4. The number of piperidine rings is 1. The Balaban J connectivity index is 2.64. The summed E-state index contributed by atoms with van der Waals surface area (Å²) in [5.74, 6) is 1.64. The van der Waals surface area contributed by atoms with E-state index in [0.29, 0.717) is 11.8 Å². The second-order valence-corrected chi connectivity index (χ2v) is 4.59. The van der Waals surface area contributed by atoms with Crippen LogP contribution >= 0.6 is 0 Å². The molecule has 0 aromatic heterocycles. The molecular weight excluding hydrogens is 174 g/mol. The predicted octanol–water partition coefficient (Wildman–Crippen LogP) is 2.19. The van der Waals surface area contributed by atoms with Gasteiger partial charge < -0.3 is 9.69 Å². The maximum absolute atomic E-state index is 11.0. The number of hydrogen-bond acceptors (Lipinski definition) is 2. The fourth-order valence-electron chi connectivity index (χ4n) is 2.73. The molecule has 0 aromatic rings. The number of carbonyl (C=O) groups excluding carboxylic acids is 1. The quantitative estimate of drug-likeness (QED) is 0.644. The third-order valence-electron chi connectivity index (χ3n) is 3.75. The number of likely N-dealkylation sites (tertiary alicyclic amines) is 1. The molecule has 2 heteroatoms. The van der Waals surface area contributed by atoms with Crippen LogP contribution < -0.4 is 0 Å². The van der Waals surface area contributed by atoms with E-state index in [0.717, 1.165) is 25.4 Å². The summed E-state index contributed by atoms with van der Waals surface area (Å²) in [6, 6.07) is 0. The zero-order chi connectivity index (χ0) is 10.6. The lowest BCUT2D eigenvalue weighted by Gasteiger charge is -2.38. The molecule has 0 radical (unpaired) electrons. The van der Waals surface area contributed by atoms with Gasteiger partial charge in [-0.2, -0.15) is 0 Å². The molecule has 1 heterocycles. The van der Waals surface area contributed by atoms with E-state index in [1.807, 2.05) is 0 Å². The molecule has 1 saturated heterocycles. The number of carbonyl (C=O) groups is 1. The number of nitrogens with zero attached hydrogens (tertiary/aromatic N) is 1. The van der Waals surface area contributed by atoms with Crippen molar-refractivity contribution in [2.45, 2.75) is 33.1 Å². The normalized spacial score (nSPS) is 29.4.